The Balaban J connectivity index is 2.71. The molecule has 0 N–H and O–H groups in total. The van der Waals surface area contributed by atoms with Crippen molar-refractivity contribution in [2.75, 3.05) is 0 Å². The Hall–Kier alpha value is -1.16. The molecule has 0 unspecified atom stereocenters. The van der Waals surface area contributed by atoms with Crippen LogP contribution in [0.4, 0.5) is 0 Å². The van der Waals surface area contributed by atoms with Crippen LogP contribution in [0.1, 0.15) is 13.3 Å². The molecule has 14 heavy (non-hydrogen) atoms. The van der Waals surface area contributed by atoms with E-state index in [2.05, 4.69) is 12.6 Å². The minimum Gasteiger partial charge on any atom is -0.408 e. The molecule has 74 valence electrons. The van der Waals surface area contributed by atoms with E-state index in [-0.39, 0.29) is 5.76 Å². The number of aryl methyl sites for hydroxylation is 1. The van der Waals surface area contributed by atoms with E-state index in [0.717, 1.165) is 16.8 Å². The Labute approximate surface area is 86.7 Å². The van der Waals surface area contributed by atoms with Crippen molar-refractivity contribution in [2.24, 2.45) is 0 Å². The predicted molar refractivity (Wildman–Crippen MR) is 58.0 cm³/mol. The first-order valence-corrected chi connectivity index (χ1v) is 4.99. The van der Waals surface area contributed by atoms with E-state index in [1.807, 2.05) is 19.1 Å². The number of thiol groups is 1. The first-order valence-electron chi connectivity index (χ1n) is 4.54. The van der Waals surface area contributed by atoms with Crippen LogP contribution in [-0.4, -0.2) is 4.57 Å². The molecule has 0 amide bonds. The summed E-state index contributed by atoms with van der Waals surface area (Å²) in [4.78, 5) is 12.2. The molecule has 1 aromatic carbocycles. The molecular formula is C10H11NO2S. The summed E-state index contributed by atoms with van der Waals surface area (Å²) in [6.45, 7) is 2.72. The summed E-state index contributed by atoms with van der Waals surface area (Å²) in [5.74, 6) is -0.291. The van der Waals surface area contributed by atoms with Gasteiger partial charge in [0.2, 0.25) is 0 Å². The van der Waals surface area contributed by atoms with Gasteiger partial charge in [-0.3, -0.25) is 4.57 Å². The molecule has 1 aromatic heterocycles. The molecule has 0 spiro atoms. The van der Waals surface area contributed by atoms with Crippen molar-refractivity contribution in [3.63, 3.8) is 0 Å². The first-order chi connectivity index (χ1) is 6.72. The zero-order valence-corrected chi connectivity index (χ0v) is 8.75. The summed E-state index contributed by atoms with van der Waals surface area (Å²) in [5.41, 5.74) is 1.45. The van der Waals surface area contributed by atoms with E-state index in [0.29, 0.717) is 12.1 Å². The Morgan fingerprint density at radius 2 is 2.29 bits per heavy atom. The molecule has 2 rings (SSSR count). The summed E-state index contributed by atoms with van der Waals surface area (Å²) in [5, 5.41) is 0. The van der Waals surface area contributed by atoms with Crippen LogP contribution >= 0.6 is 12.6 Å². The SMILES string of the molecule is CCCn1c(=O)oc2cc(S)ccc21. The number of oxazole rings is 1. The molecule has 0 saturated heterocycles. The van der Waals surface area contributed by atoms with Gasteiger partial charge in [0.15, 0.2) is 5.58 Å². The maximum Gasteiger partial charge on any atom is 0.419 e. The van der Waals surface area contributed by atoms with Crippen LogP contribution in [0.2, 0.25) is 0 Å². The van der Waals surface area contributed by atoms with Gasteiger partial charge in [-0.25, -0.2) is 4.79 Å². The fraction of sp³-hybridized carbons (Fsp3) is 0.300. The van der Waals surface area contributed by atoms with Crippen molar-refractivity contribution in [3.8, 4) is 0 Å². The third kappa shape index (κ3) is 1.46. The standard InChI is InChI=1S/C10H11NO2S/c1-2-5-11-8-4-3-7(14)6-9(8)13-10(11)12/h3-4,6,14H,2,5H2,1H3. The molecule has 4 heteroatoms. The van der Waals surface area contributed by atoms with E-state index in [1.54, 1.807) is 10.6 Å². The van der Waals surface area contributed by atoms with Gasteiger partial charge >= 0.3 is 5.76 Å². The number of fused-ring (bicyclic) bond motifs is 1. The van der Waals surface area contributed by atoms with Gasteiger partial charge < -0.3 is 4.42 Å². The molecule has 0 atom stereocenters. The monoisotopic (exact) mass is 209 g/mol. The Morgan fingerprint density at radius 1 is 1.50 bits per heavy atom. The fourth-order valence-corrected chi connectivity index (χ4v) is 1.68. The lowest BCUT2D eigenvalue weighted by atomic mass is 10.3. The second kappa shape index (κ2) is 3.53. The average molecular weight is 209 g/mol. The Morgan fingerprint density at radius 3 is 3.00 bits per heavy atom. The van der Waals surface area contributed by atoms with Gasteiger partial charge in [0.1, 0.15) is 0 Å². The molecule has 0 saturated carbocycles. The largest absolute Gasteiger partial charge is 0.419 e. The van der Waals surface area contributed by atoms with Crippen LogP contribution in [0.5, 0.6) is 0 Å². The molecule has 1 heterocycles. The molecule has 0 aliphatic heterocycles. The van der Waals surface area contributed by atoms with E-state index >= 15 is 0 Å². The third-order valence-electron chi connectivity index (χ3n) is 2.10. The van der Waals surface area contributed by atoms with Gasteiger partial charge in [0.25, 0.3) is 0 Å². The van der Waals surface area contributed by atoms with Crippen LogP contribution in [-0.2, 0) is 6.54 Å². The summed E-state index contributed by atoms with van der Waals surface area (Å²) in [6, 6.07) is 5.47. The molecule has 0 fully saturated rings. The van der Waals surface area contributed by atoms with E-state index in [4.69, 9.17) is 4.42 Å². The second-order valence-electron chi connectivity index (χ2n) is 3.17. The van der Waals surface area contributed by atoms with Crippen molar-refractivity contribution < 1.29 is 4.42 Å². The Kier molecular flexibility index (Phi) is 2.37. The molecular weight excluding hydrogens is 198 g/mol. The number of rotatable bonds is 2. The normalized spacial score (nSPS) is 11.0. The molecule has 0 aliphatic rings. The Bertz CT molecular complexity index is 512. The quantitative estimate of drug-likeness (QED) is 0.770. The van der Waals surface area contributed by atoms with Crippen LogP contribution in [0.15, 0.2) is 32.3 Å². The summed E-state index contributed by atoms with van der Waals surface area (Å²) >= 11 is 4.18. The first kappa shape index (κ1) is 9.40. The zero-order chi connectivity index (χ0) is 10.1. The minimum absolute atomic E-state index is 0.291. The lowest BCUT2D eigenvalue weighted by molar-refractivity contribution is 0.502. The zero-order valence-electron chi connectivity index (χ0n) is 7.86. The number of benzene rings is 1. The highest BCUT2D eigenvalue weighted by molar-refractivity contribution is 7.80. The van der Waals surface area contributed by atoms with Crippen LogP contribution in [0, 0.1) is 0 Å². The van der Waals surface area contributed by atoms with Crippen molar-refractivity contribution in [3.05, 3.63) is 28.7 Å². The lowest BCUT2D eigenvalue weighted by Gasteiger charge is -1.97. The van der Waals surface area contributed by atoms with Crippen LogP contribution in [0.25, 0.3) is 11.1 Å². The topological polar surface area (TPSA) is 35.1 Å². The van der Waals surface area contributed by atoms with Gasteiger partial charge in [0, 0.05) is 11.4 Å². The van der Waals surface area contributed by atoms with Crippen LogP contribution in [0.3, 0.4) is 0 Å². The van der Waals surface area contributed by atoms with Gasteiger partial charge in [-0.1, -0.05) is 6.92 Å². The second-order valence-corrected chi connectivity index (χ2v) is 3.69. The van der Waals surface area contributed by atoms with E-state index in [1.165, 1.54) is 0 Å². The summed E-state index contributed by atoms with van der Waals surface area (Å²) < 4.78 is 6.73. The maximum atomic E-state index is 11.4. The van der Waals surface area contributed by atoms with Gasteiger partial charge in [-0.15, -0.1) is 12.6 Å². The maximum absolute atomic E-state index is 11.4. The number of hydrogen-bond donors (Lipinski definition) is 1. The average Bonchev–Trinajstić information content (AvgIpc) is 2.43. The van der Waals surface area contributed by atoms with E-state index in [9.17, 15) is 4.79 Å². The smallest absolute Gasteiger partial charge is 0.408 e. The molecule has 3 nitrogen and oxygen atoms in total. The summed E-state index contributed by atoms with van der Waals surface area (Å²) in [6.07, 6.45) is 0.914. The van der Waals surface area contributed by atoms with E-state index < -0.39 is 0 Å². The number of aromatic nitrogens is 1. The van der Waals surface area contributed by atoms with Gasteiger partial charge in [-0.05, 0) is 24.6 Å². The highest BCUT2D eigenvalue weighted by Gasteiger charge is 2.07. The highest BCUT2D eigenvalue weighted by atomic mass is 32.1. The number of nitrogens with zero attached hydrogens (tertiary/aromatic N) is 1. The molecule has 0 radical (unpaired) electrons. The van der Waals surface area contributed by atoms with Gasteiger partial charge in [-0.2, -0.15) is 0 Å². The lowest BCUT2D eigenvalue weighted by Crippen LogP contribution is -2.13. The van der Waals surface area contributed by atoms with Crippen LogP contribution < -0.4 is 5.76 Å². The minimum atomic E-state index is -0.291. The van der Waals surface area contributed by atoms with Crippen molar-refractivity contribution in [2.45, 2.75) is 24.8 Å². The fourth-order valence-electron chi connectivity index (χ4n) is 1.49. The number of hydrogen-bond acceptors (Lipinski definition) is 3. The highest BCUT2D eigenvalue weighted by Crippen LogP contribution is 2.17. The van der Waals surface area contributed by atoms with Gasteiger partial charge in [0.05, 0.1) is 5.52 Å². The van der Waals surface area contributed by atoms with Crippen molar-refractivity contribution >= 4 is 23.7 Å². The third-order valence-corrected chi connectivity index (χ3v) is 2.38. The predicted octanol–water partition coefficient (Wildman–Crippen LogP) is 2.29. The van der Waals surface area contributed by atoms with Crippen molar-refractivity contribution in [1.82, 2.24) is 4.57 Å². The van der Waals surface area contributed by atoms with Crippen molar-refractivity contribution in [1.29, 1.82) is 0 Å². The molecule has 0 aliphatic carbocycles. The summed E-state index contributed by atoms with van der Waals surface area (Å²) in [7, 11) is 0. The molecule has 2 aromatic rings. The molecule has 0 bridgehead atoms.